The fraction of sp³-hybridized carbons (Fsp3) is 0.211. The van der Waals surface area contributed by atoms with Gasteiger partial charge in [-0.05, 0) is 38.1 Å². The lowest BCUT2D eigenvalue weighted by atomic mass is 10.1. The number of aromatic nitrogens is 5. The Morgan fingerprint density at radius 2 is 2.00 bits per heavy atom. The van der Waals surface area contributed by atoms with Crippen LogP contribution in [0.2, 0.25) is 0 Å². The molecule has 132 valence electrons. The van der Waals surface area contributed by atoms with Crippen LogP contribution in [0.3, 0.4) is 0 Å². The Morgan fingerprint density at radius 1 is 1.23 bits per heavy atom. The predicted molar refractivity (Wildman–Crippen MR) is 98.6 cm³/mol. The summed E-state index contributed by atoms with van der Waals surface area (Å²) >= 11 is 0. The largest absolute Gasteiger partial charge is 0.497 e. The number of fused-ring (bicyclic) bond motifs is 1. The third-order valence-electron chi connectivity index (χ3n) is 4.65. The fourth-order valence-corrected chi connectivity index (χ4v) is 3.07. The molecule has 26 heavy (non-hydrogen) atoms. The van der Waals surface area contributed by atoms with E-state index >= 15 is 0 Å². The van der Waals surface area contributed by atoms with Crippen LogP contribution in [0.5, 0.6) is 5.75 Å². The molecule has 0 fully saturated rings. The number of ether oxygens (including phenoxy) is 1. The van der Waals surface area contributed by atoms with Crippen molar-refractivity contribution < 1.29 is 4.74 Å². The zero-order chi connectivity index (χ0) is 18.3. The standard InChI is InChI=1S/C19H19N5O2/c1-12-18(14-4-6-15(26-3)7-5-14)22-24-17(25)10-16(21-19(12)24)13(2)23-9-8-20-11-23/h4-11,13,22H,1-3H3/t13-/m0/s1. The van der Waals surface area contributed by atoms with Gasteiger partial charge in [-0.1, -0.05) is 0 Å². The van der Waals surface area contributed by atoms with Crippen molar-refractivity contribution in [2.45, 2.75) is 19.9 Å². The number of hydrogen-bond acceptors (Lipinski definition) is 4. The number of methoxy groups -OCH3 is 1. The molecule has 4 aromatic rings. The van der Waals surface area contributed by atoms with Crippen molar-refractivity contribution in [1.82, 2.24) is 24.1 Å². The van der Waals surface area contributed by atoms with Gasteiger partial charge >= 0.3 is 0 Å². The van der Waals surface area contributed by atoms with Gasteiger partial charge in [0.25, 0.3) is 5.56 Å². The van der Waals surface area contributed by atoms with E-state index in [2.05, 4.69) is 10.1 Å². The third kappa shape index (κ3) is 2.57. The monoisotopic (exact) mass is 349 g/mol. The van der Waals surface area contributed by atoms with Crippen molar-refractivity contribution in [2.75, 3.05) is 7.11 Å². The van der Waals surface area contributed by atoms with Gasteiger partial charge in [0.05, 0.1) is 30.9 Å². The van der Waals surface area contributed by atoms with E-state index in [1.807, 2.05) is 48.9 Å². The van der Waals surface area contributed by atoms with E-state index in [0.717, 1.165) is 22.6 Å². The van der Waals surface area contributed by atoms with Crippen molar-refractivity contribution in [3.05, 3.63) is 70.7 Å². The second kappa shape index (κ2) is 6.18. The van der Waals surface area contributed by atoms with Crippen molar-refractivity contribution in [1.29, 1.82) is 0 Å². The maximum Gasteiger partial charge on any atom is 0.272 e. The molecule has 0 radical (unpaired) electrons. The Hall–Kier alpha value is -3.35. The van der Waals surface area contributed by atoms with Crippen LogP contribution >= 0.6 is 0 Å². The van der Waals surface area contributed by atoms with Gasteiger partial charge in [0.15, 0.2) is 5.65 Å². The van der Waals surface area contributed by atoms with Gasteiger partial charge in [-0.25, -0.2) is 14.5 Å². The minimum atomic E-state index is -0.139. The van der Waals surface area contributed by atoms with Crippen LogP contribution < -0.4 is 10.3 Å². The molecule has 0 saturated heterocycles. The van der Waals surface area contributed by atoms with Gasteiger partial charge in [0.2, 0.25) is 0 Å². The molecule has 1 N–H and O–H groups in total. The van der Waals surface area contributed by atoms with Crippen LogP contribution in [-0.4, -0.2) is 31.3 Å². The van der Waals surface area contributed by atoms with Gasteiger partial charge in [-0.2, -0.15) is 0 Å². The number of aromatic amines is 1. The number of rotatable bonds is 4. The lowest BCUT2D eigenvalue weighted by Crippen LogP contribution is -2.18. The SMILES string of the molecule is COc1ccc(-c2[nH]n3c(=O)cc([C@H](C)n4ccnc4)nc3c2C)cc1. The Kier molecular flexibility index (Phi) is 3.84. The van der Waals surface area contributed by atoms with E-state index in [-0.39, 0.29) is 11.6 Å². The molecule has 4 rings (SSSR count). The van der Waals surface area contributed by atoms with Crippen LogP contribution in [-0.2, 0) is 0 Å². The number of imidazole rings is 1. The minimum absolute atomic E-state index is 0.0751. The number of hydrogen-bond donors (Lipinski definition) is 1. The summed E-state index contributed by atoms with van der Waals surface area (Å²) in [5.74, 6) is 0.786. The molecule has 7 heteroatoms. The van der Waals surface area contributed by atoms with E-state index in [9.17, 15) is 4.79 Å². The molecule has 0 unspecified atom stereocenters. The average molecular weight is 349 g/mol. The minimum Gasteiger partial charge on any atom is -0.497 e. The fourth-order valence-electron chi connectivity index (χ4n) is 3.07. The van der Waals surface area contributed by atoms with Crippen molar-refractivity contribution >= 4 is 5.65 Å². The molecule has 0 amide bonds. The molecule has 7 nitrogen and oxygen atoms in total. The molecular formula is C19H19N5O2. The average Bonchev–Trinajstić information content (AvgIpc) is 3.30. The highest BCUT2D eigenvalue weighted by atomic mass is 16.5. The van der Waals surface area contributed by atoms with Crippen LogP contribution in [0.1, 0.15) is 24.2 Å². The van der Waals surface area contributed by atoms with Crippen LogP contribution in [0, 0.1) is 6.92 Å². The van der Waals surface area contributed by atoms with Gasteiger partial charge < -0.3 is 9.30 Å². The summed E-state index contributed by atoms with van der Waals surface area (Å²) in [6.45, 7) is 3.95. The van der Waals surface area contributed by atoms with Crippen LogP contribution in [0.4, 0.5) is 0 Å². The molecule has 1 aromatic carbocycles. The molecule has 0 aliphatic heterocycles. The Morgan fingerprint density at radius 3 is 2.65 bits per heavy atom. The topological polar surface area (TPSA) is 77.2 Å². The van der Waals surface area contributed by atoms with Crippen molar-refractivity contribution in [3.8, 4) is 17.0 Å². The predicted octanol–water partition coefficient (Wildman–Crippen LogP) is 2.81. The van der Waals surface area contributed by atoms with Crippen LogP contribution in [0.25, 0.3) is 16.9 Å². The van der Waals surface area contributed by atoms with E-state index < -0.39 is 0 Å². The number of benzene rings is 1. The Balaban J connectivity index is 1.84. The second-order valence-corrected chi connectivity index (χ2v) is 6.20. The summed E-state index contributed by atoms with van der Waals surface area (Å²) in [7, 11) is 1.63. The molecule has 0 aliphatic rings. The first-order valence-corrected chi connectivity index (χ1v) is 8.32. The van der Waals surface area contributed by atoms with Gasteiger partial charge in [0, 0.05) is 29.6 Å². The molecule has 0 bridgehead atoms. The molecule has 3 aromatic heterocycles. The first kappa shape index (κ1) is 16.1. The molecule has 0 saturated carbocycles. The second-order valence-electron chi connectivity index (χ2n) is 6.20. The van der Waals surface area contributed by atoms with E-state index in [1.54, 1.807) is 25.7 Å². The number of aryl methyl sites for hydroxylation is 1. The highest BCUT2D eigenvalue weighted by molar-refractivity contribution is 5.70. The molecule has 0 spiro atoms. The number of nitrogens with one attached hydrogen (secondary N) is 1. The van der Waals surface area contributed by atoms with E-state index in [0.29, 0.717) is 11.3 Å². The number of H-pyrrole nitrogens is 1. The summed E-state index contributed by atoms with van der Waals surface area (Å²) < 4.78 is 8.61. The number of nitrogens with zero attached hydrogens (tertiary/aromatic N) is 4. The summed E-state index contributed by atoms with van der Waals surface area (Å²) in [5.41, 5.74) is 3.95. The van der Waals surface area contributed by atoms with Crippen molar-refractivity contribution in [3.63, 3.8) is 0 Å². The summed E-state index contributed by atoms with van der Waals surface area (Å²) in [6, 6.07) is 9.18. The lowest BCUT2D eigenvalue weighted by molar-refractivity contribution is 0.415. The molecule has 3 heterocycles. The zero-order valence-corrected chi connectivity index (χ0v) is 14.8. The zero-order valence-electron chi connectivity index (χ0n) is 14.8. The maximum absolute atomic E-state index is 12.6. The summed E-state index contributed by atoms with van der Waals surface area (Å²) in [4.78, 5) is 21.4. The normalized spacial score (nSPS) is 12.4. The van der Waals surface area contributed by atoms with E-state index in [4.69, 9.17) is 9.72 Å². The lowest BCUT2D eigenvalue weighted by Gasteiger charge is -2.12. The van der Waals surface area contributed by atoms with Crippen molar-refractivity contribution in [2.24, 2.45) is 0 Å². The summed E-state index contributed by atoms with van der Waals surface area (Å²) in [6.07, 6.45) is 5.30. The van der Waals surface area contributed by atoms with Crippen LogP contribution in [0.15, 0.2) is 53.8 Å². The highest BCUT2D eigenvalue weighted by Crippen LogP contribution is 2.26. The molecular weight excluding hydrogens is 330 g/mol. The highest BCUT2D eigenvalue weighted by Gasteiger charge is 2.16. The van der Waals surface area contributed by atoms with Gasteiger partial charge in [-0.15, -0.1) is 0 Å². The molecule has 0 aliphatic carbocycles. The van der Waals surface area contributed by atoms with E-state index in [1.165, 1.54) is 4.52 Å². The Labute approximate surface area is 149 Å². The van der Waals surface area contributed by atoms with Gasteiger partial charge in [0.1, 0.15) is 5.75 Å². The smallest absolute Gasteiger partial charge is 0.272 e. The maximum atomic E-state index is 12.6. The first-order chi connectivity index (χ1) is 12.6. The quantitative estimate of drug-likeness (QED) is 0.615. The van der Waals surface area contributed by atoms with Gasteiger partial charge in [-0.3, -0.25) is 9.89 Å². The third-order valence-corrected chi connectivity index (χ3v) is 4.65. The summed E-state index contributed by atoms with van der Waals surface area (Å²) in [5, 5.41) is 3.17. The first-order valence-electron chi connectivity index (χ1n) is 8.32. The molecule has 1 atom stereocenters. The Bertz CT molecular complexity index is 1110.